The summed E-state index contributed by atoms with van der Waals surface area (Å²) in [5.41, 5.74) is 0. The van der Waals surface area contributed by atoms with Crippen LogP contribution in [0.1, 0.15) is 6.92 Å². The Bertz CT molecular complexity index is 257. The zero-order chi connectivity index (χ0) is 10.8. The molecule has 0 aliphatic carbocycles. The number of hydrogen-bond acceptors (Lipinski definition) is 4. The molecule has 2 aliphatic heterocycles. The summed E-state index contributed by atoms with van der Waals surface area (Å²) in [7, 11) is 0. The fourth-order valence-electron chi connectivity index (χ4n) is 1.83. The molecule has 6 nitrogen and oxygen atoms in total. The van der Waals surface area contributed by atoms with E-state index in [9.17, 15) is 9.59 Å². The molecule has 2 aliphatic rings. The summed E-state index contributed by atoms with van der Waals surface area (Å²) in [4.78, 5) is 25.0. The number of hydrogen-bond donors (Lipinski definition) is 0. The van der Waals surface area contributed by atoms with Crippen LogP contribution in [-0.4, -0.2) is 71.7 Å². The van der Waals surface area contributed by atoms with Gasteiger partial charge >= 0.3 is 0 Å². The van der Waals surface area contributed by atoms with Crippen LogP contribution in [0.3, 0.4) is 0 Å². The molecular formula is C9H16N4O2. The van der Waals surface area contributed by atoms with E-state index in [0.29, 0.717) is 13.3 Å². The lowest BCUT2D eigenvalue weighted by atomic mass is 10.3. The highest BCUT2D eigenvalue weighted by atomic mass is 16.2. The smallest absolute Gasteiger partial charge is 0.221 e. The van der Waals surface area contributed by atoms with E-state index in [-0.39, 0.29) is 5.91 Å². The molecule has 0 bridgehead atoms. The van der Waals surface area contributed by atoms with Crippen molar-refractivity contribution in [3.8, 4) is 0 Å². The van der Waals surface area contributed by atoms with E-state index in [4.69, 9.17) is 0 Å². The second-order valence-electron chi connectivity index (χ2n) is 3.94. The van der Waals surface area contributed by atoms with Crippen LogP contribution in [0.5, 0.6) is 0 Å². The van der Waals surface area contributed by atoms with Gasteiger partial charge in [-0.2, -0.15) is 0 Å². The summed E-state index contributed by atoms with van der Waals surface area (Å²) in [6.45, 7) is 6.25. The maximum Gasteiger partial charge on any atom is 0.221 e. The van der Waals surface area contributed by atoms with Crippen LogP contribution in [0.2, 0.25) is 0 Å². The topological polar surface area (TPSA) is 47.1 Å². The van der Waals surface area contributed by atoms with Crippen LogP contribution in [0.4, 0.5) is 0 Å². The van der Waals surface area contributed by atoms with Gasteiger partial charge in [0.1, 0.15) is 0 Å². The first-order chi connectivity index (χ1) is 7.20. The van der Waals surface area contributed by atoms with E-state index in [1.54, 1.807) is 16.7 Å². The minimum Gasteiger partial charge on any atom is -0.343 e. The second-order valence-corrected chi connectivity index (χ2v) is 3.94. The number of hydrazine groups is 1. The van der Waals surface area contributed by atoms with Gasteiger partial charge in [-0.1, -0.05) is 0 Å². The van der Waals surface area contributed by atoms with Crippen molar-refractivity contribution in [2.75, 3.05) is 39.5 Å². The van der Waals surface area contributed by atoms with Crippen molar-refractivity contribution in [2.24, 2.45) is 0 Å². The SMILES string of the molecule is CC(=O)N1CN(N2CCN(C=O)CC2)C1. The quantitative estimate of drug-likeness (QED) is 0.537. The summed E-state index contributed by atoms with van der Waals surface area (Å²) in [5.74, 6) is 0.123. The fraction of sp³-hybridized carbons (Fsp3) is 0.778. The van der Waals surface area contributed by atoms with Crippen LogP contribution >= 0.6 is 0 Å². The maximum absolute atomic E-state index is 11.0. The standard InChI is InChI=1S/C9H16N4O2/c1-9(15)11-6-13(7-11)12-4-2-10(8-14)3-5-12/h8H,2-7H2,1H3. The van der Waals surface area contributed by atoms with E-state index in [1.807, 2.05) is 0 Å². The third-order valence-electron chi connectivity index (χ3n) is 2.95. The highest BCUT2D eigenvalue weighted by Gasteiger charge is 2.31. The average molecular weight is 212 g/mol. The van der Waals surface area contributed by atoms with Crippen LogP contribution in [0.15, 0.2) is 0 Å². The van der Waals surface area contributed by atoms with Crippen molar-refractivity contribution in [1.29, 1.82) is 0 Å². The summed E-state index contributed by atoms with van der Waals surface area (Å²) < 4.78 is 0. The molecule has 2 heterocycles. The lowest BCUT2D eigenvalue weighted by Gasteiger charge is -2.49. The molecule has 0 spiro atoms. The summed E-state index contributed by atoms with van der Waals surface area (Å²) >= 11 is 0. The number of amides is 2. The van der Waals surface area contributed by atoms with Gasteiger partial charge in [0, 0.05) is 33.1 Å². The Balaban J connectivity index is 1.74. The molecule has 0 aromatic rings. The summed E-state index contributed by atoms with van der Waals surface area (Å²) in [6.07, 6.45) is 0.898. The molecule has 2 saturated heterocycles. The fourth-order valence-corrected chi connectivity index (χ4v) is 1.83. The molecule has 0 N–H and O–H groups in total. The Labute approximate surface area is 89.0 Å². The zero-order valence-electron chi connectivity index (χ0n) is 8.93. The molecule has 2 fully saturated rings. The summed E-state index contributed by atoms with van der Waals surface area (Å²) in [5, 5.41) is 4.35. The lowest BCUT2D eigenvalue weighted by molar-refractivity contribution is -0.191. The first kappa shape index (κ1) is 10.4. The molecular weight excluding hydrogens is 196 g/mol. The third kappa shape index (κ3) is 2.10. The minimum absolute atomic E-state index is 0.123. The Morgan fingerprint density at radius 2 is 1.67 bits per heavy atom. The van der Waals surface area contributed by atoms with E-state index in [0.717, 1.165) is 32.6 Å². The molecule has 0 aromatic heterocycles. The number of nitrogens with zero attached hydrogens (tertiary/aromatic N) is 4. The summed E-state index contributed by atoms with van der Waals surface area (Å²) in [6, 6.07) is 0. The first-order valence-electron chi connectivity index (χ1n) is 5.15. The molecule has 84 valence electrons. The van der Waals surface area contributed by atoms with Gasteiger partial charge in [0.05, 0.1) is 13.3 Å². The highest BCUT2D eigenvalue weighted by Crippen LogP contribution is 2.14. The van der Waals surface area contributed by atoms with Gasteiger partial charge in [0.25, 0.3) is 0 Å². The van der Waals surface area contributed by atoms with Crippen molar-refractivity contribution in [1.82, 2.24) is 19.8 Å². The van der Waals surface area contributed by atoms with Gasteiger partial charge in [-0.05, 0) is 0 Å². The van der Waals surface area contributed by atoms with Crippen molar-refractivity contribution in [2.45, 2.75) is 6.92 Å². The van der Waals surface area contributed by atoms with Crippen molar-refractivity contribution in [3.63, 3.8) is 0 Å². The third-order valence-corrected chi connectivity index (χ3v) is 2.95. The van der Waals surface area contributed by atoms with Gasteiger partial charge < -0.3 is 9.80 Å². The highest BCUT2D eigenvalue weighted by molar-refractivity contribution is 5.73. The van der Waals surface area contributed by atoms with Gasteiger partial charge in [-0.15, -0.1) is 0 Å². The van der Waals surface area contributed by atoms with Crippen LogP contribution < -0.4 is 0 Å². The maximum atomic E-state index is 11.0. The van der Waals surface area contributed by atoms with E-state index < -0.39 is 0 Å². The first-order valence-corrected chi connectivity index (χ1v) is 5.15. The van der Waals surface area contributed by atoms with Gasteiger partial charge in [0.15, 0.2) is 0 Å². The predicted octanol–water partition coefficient (Wildman–Crippen LogP) is -1.25. The van der Waals surface area contributed by atoms with Crippen LogP contribution in [0.25, 0.3) is 0 Å². The van der Waals surface area contributed by atoms with E-state index >= 15 is 0 Å². The Kier molecular flexibility index (Phi) is 2.88. The van der Waals surface area contributed by atoms with Crippen molar-refractivity contribution in [3.05, 3.63) is 0 Å². The van der Waals surface area contributed by atoms with E-state index in [1.165, 1.54) is 0 Å². The number of rotatable bonds is 2. The molecule has 0 aromatic carbocycles. The van der Waals surface area contributed by atoms with Crippen molar-refractivity contribution < 1.29 is 9.59 Å². The van der Waals surface area contributed by atoms with Crippen LogP contribution in [0, 0.1) is 0 Å². The predicted molar refractivity (Wildman–Crippen MR) is 53.3 cm³/mol. The van der Waals surface area contributed by atoms with Crippen LogP contribution in [-0.2, 0) is 9.59 Å². The molecule has 0 unspecified atom stereocenters. The average Bonchev–Trinajstić information content (AvgIpc) is 2.16. The number of carbonyl (C=O) groups is 2. The molecule has 15 heavy (non-hydrogen) atoms. The largest absolute Gasteiger partial charge is 0.343 e. The Morgan fingerprint density at radius 3 is 2.13 bits per heavy atom. The molecule has 0 atom stereocenters. The molecule has 2 amide bonds. The van der Waals surface area contributed by atoms with E-state index in [2.05, 4.69) is 10.0 Å². The minimum atomic E-state index is 0.123. The molecule has 6 heteroatoms. The Hall–Kier alpha value is -1.14. The van der Waals surface area contributed by atoms with Gasteiger partial charge in [0.2, 0.25) is 12.3 Å². The van der Waals surface area contributed by atoms with Gasteiger partial charge in [-0.25, -0.2) is 10.0 Å². The van der Waals surface area contributed by atoms with Gasteiger partial charge in [-0.3, -0.25) is 9.59 Å². The Morgan fingerprint density at radius 1 is 1.07 bits per heavy atom. The monoisotopic (exact) mass is 212 g/mol. The molecule has 0 radical (unpaired) electrons. The lowest BCUT2D eigenvalue weighted by Crippen LogP contribution is -2.66. The molecule has 2 rings (SSSR count). The number of carbonyl (C=O) groups excluding carboxylic acids is 2. The normalized spacial score (nSPS) is 23.8. The second kappa shape index (κ2) is 4.16. The number of piperazine rings is 1. The molecule has 0 saturated carbocycles. The van der Waals surface area contributed by atoms with Crippen molar-refractivity contribution >= 4 is 12.3 Å². The zero-order valence-corrected chi connectivity index (χ0v) is 8.93.